The first-order valence-corrected chi connectivity index (χ1v) is 11.8. The molecule has 0 saturated heterocycles. The molecule has 0 unspecified atom stereocenters. The molecule has 3 aliphatic carbocycles. The molecule has 0 aromatic carbocycles. The van der Waals surface area contributed by atoms with Crippen molar-refractivity contribution in [2.75, 3.05) is 0 Å². The highest BCUT2D eigenvalue weighted by atomic mass is 16.6. The maximum Gasteiger partial charge on any atom is 0.308 e. The van der Waals surface area contributed by atoms with Crippen LogP contribution in [0.3, 0.4) is 0 Å². The minimum absolute atomic E-state index is 0.285. The van der Waals surface area contributed by atoms with Crippen molar-refractivity contribution in [1.82, 2.24) is 0 Å². The highest BCUT2D eigenvalue weighted by Gasteiger charge is 2.60. The topological polar surface area (TPSA) is 93.1 Å². The predicted molar refractivity (Wildman–Crippen MR) is 121 cm³/mol. The Kier molecular flexibility index (Phi) is 6.71. The van der Waals surface area contributed by atoms with Crippen LogP contribution >= 0.6 is 0 Å². The normalized spacial score (nSPS) is 39.1. The molecule has 0 spiro atoms. The van der Waals surface area contributed by atoms with Gasteiger partial charge >= 0.3 is 11.9 Å². The fourth-order valence-corrected chi connectivity index (χ4v) is 6.85. The van der Waals surface area contributed by atoms with Crippen LogP contribution in [0.25, 0.3) is 0 Å². The van der Waals surface area contributed by atoms with Gasteiger partial charge in [0.15, 0.2) is 0 Å². The molecule has 2 saturated carbocycles. The third-order valence-electron chi connectivity index (χ3n) is 8.18. The minimum Gasteiger partial charge on any atom is -0.461 e. The lowest BCUT2D eigenvalue weighted by Crippen LogP contribution is -2.60. The fourth-order valence-electron chi connectivity index (χ4n) is 6.85. The summed E-state index contributed by atoms with van der Waals surface area (Å²) in [6, 6.07) is 0. The molecule has 7 atom stereocenters. The zero-order valence-electron chi connectivity index (χ0n) is 20.6. The van der Waals surface area contributed by atoms with Crippen molar-refractivity contribution in [3.05, 3.63) is 23.3 Å². The summed E-state index contributed by atoms with van der Waals surface area (Å²) in [7, 11) is 0. The van der Waals surface area contributed by atoms with Crippen molar-refractivity contribution in [3.8, 4) is 0 Å². The number of carbonyl (C=O) groups excluding carboxylic acids is 2. The number of esters is 2. The molecular formula is C26H40O6. The molecule has 0 aromatic heterocycles. The lowest BCUT2D eigenvalue weighted by molar-refractivity contribution is -0.184. The Morgan fingerprint density at radius 2 is 1.75 bits per heavy atom. The van der Waals surface area contributed by atoms with Crippen LogP contribution in [-0.4, -0.2) is 46.6 Å². The molecule has 0 heterocycles. The number of hydrogen-bond acceptors (Lipinski definition) is 6. The van der Waals surface area contributed by atoms with E-state index in [1.807, 2.05) is 20.8 Å². The highest BCUT2D eigenvalue weighted by molar-refractivity contribution is 5.72. The zero-order valence-corrected chi connectivity index (χ0v) is 20.6. The molecule has 3 rings (SSSR count). The molecule has 0 aliphatic heterocycles. The van der Waals surface area contributed by atoms with Crippen LogP contribution in [0.15, 0.2) is 23.3 Å². The summed E-state index contributed by atoms with van der Waals surface area (Å²) in [5.74, 6) is -1.73. The minimum atomic E-state index is -0.692. The molecule has 0 radical (unpaired) electrons. The van der Waals surface area contributed by atoms with Gasteiger partial charge in [-0.3, -0.25) is 9.59 Å². The largest absolute Gasteiger partial charge is 0.461 e. The Morgan fingerprint density at radius 3 is 2.31 bits per heavy atom. The SMILES string of the molecule is C=C1[C@@H](O)CC[C@@]2(C)C[C@H](O)C3=C(C)C[C@H](OC(=O)C(C)C)[C@@H]([C@@H](OC(C)=O)[C@H]12)C3(C)C. The van der Waals surface area contributed by atoms with E-state index < -0.39 is 41.2 Å². The monoisotopic (exact) mass is 448 g/mol. The molecule has 180 valence electrons. The average Bonchev–Trinajstić information content (AvgIpc) is 2.62. The number of rotatable bonds is 3. The van der Waals surface area contributed by atoms with Crippen molar-refractivity contribution in [3.63, 3.8) is 0 Å². The summed E-state index contributed by atoms with van der Waals surface area (Å²) in [5.41, 5.74) is 1.61. The van der Waals surface area contributed by atoms with Gasteiger partial charge in [0.25, 0.3) is 0 Å². The number of hydrogen-bond donors (Lipinski definition) is 2. The second kappa shape index (κ2) is 8.60. The number of aliphatic hydroxyl groups is 2. The van der Waals surface area contributed by atoms with Gasteiger partial charge in [-0.05, 0) is 48.2 Å². The van der Waals surface area contributed by atoms with Crippen molar-refractivity contribution < 1.29 is 29.3 Å². The lowest BCUT2D eigenvalue weighted by Gasteiger charge is -2.58. The summed E-state index contributed by atoms with van der Waals surface area (Å²) in [6.07, 6.45) is -0.266. The summed E-state index contributed by atoms with van der Waals surface area (Å²) in [6.45, 7) is 17.4. The number of carbonyl (C=O) groups is 2. The van der Waals surface area contributed by atoms with Crippen LogP contribution in [0, 0.1) is 28.6 Å². The lowest BCUT2D eigenvalue weighted by atomic mass is 9.50. The van der Waals surface area contributed by atoms with Crippen molar-refractivity contribution in [2.24, 2.45) is 28.6 Å². The van der Waals surface area contributed by atoms with Crippen LogP contribution < -0.4 is 0 Å². The van der Waals surface area contributed by atoms with Gasteiger partial charge < -0.3 is 19.7 Å². The first-order valence-electron chi connectivity index (χ1n) is 11.8. The maximum absolute atomic E-state index is 12.6. The van der Waals surface area contributed by atoms with Gasteiger partial charge in [0, 0.05) is 25.2 Å². The van der Waals surface area contributed by atoms with Gasteiger partial charge in [-0.2, -0.15) is 0 Å². The van der Waals surface area contributed by atoms with Crippen LogP contribution in [0.4, 0.5) is 0 Å². The standard InChI is InChI=1S/C26H40O6/c1-13(2)24(30)32-19-11-14(3)20-18(29)12-26(8)10-9-17(28)15(4)21(26)23(31-16(5)27)22(19)25(20,6)7/h13,17-19,21-23,28-29H,4,9-12H2,1-3,5-8H3/t17-,18-,19-,21-,22-,23-,26-/m0/s1. The number of fused-ring (bicyclic) bond motifs is 3. The van der Waals surface area contributed by atoms with Gasteiger partial charge in [0.1, 0.15) is 12.2 Å². The Bertz CT molecular complexity index is 824. The van der Waals surface area contributed by atoms with Crippen LogP contribution in [0.2, 0.25) is 0 Å². The van der Waals surface area contributed by atoms with Gasteiger partial charge in [-0.15, -0.1) is 0 Å². The Labute approximate surface area is 192 Å². The van der Waals surface area contributed by atoms with Gasteiger partial charge in [0.2, 0.25) is 0 Å². The maximum atomic E-state index is 12.6. The predicted octanol–water partition coefficient (Wildman–Crippen LogP) is 3.95. The zero-order chi connectivity index (χ0) is 24.2. The van der Waals surface area contributed by atoms with E-state index in [-0.39, 0.29) is 23.7 Å². The second-order valence-corrected chi connectivity index (χ2v) is 11.3. The van der Waals surface area contributed by atoms with Crippen molar-refractivity contribution in [1.29, 1.82) is 0 Å². The van der Waals surface area contributed by atoms with Crippen molar-refractivity contribution >= 4 is 11.9 Å². The van der Waals surface area contributed by atoms with E-state index >= 15 is 0 Å². The van der Waals surface area contributed by atoms with Gasteiger partial charge in [-0.25, -0.2) is 0 Å². The van der Waals surface area contributed by atoms with E-state index in [0.29, 0.717) is 31.3 Å². The molecule has 6 nitrogen and oxygen atoms in total. The second-order valence-electron chi connectivity index (χ2n) is 11.3. The van der Waals surface area contributed by atoms with E-state index in [0.717, 1.165) is 11.1 Å². The highest BCUT2D eigenvalue weighted by Crippen LogP contribution is 2.59. The smallest absolute Gasteiger partial charge is 0.308 e. The van der Waals surface area contributed by atoms with Gasteiger partial charge in [0.05, 0.1) is 18.1 Å². The van der Waals surface area contributed by atoms with E-state index in [4.69, 9.17) is 9.47 Å². The van der Waals surface area contributed by atoms with Crippen LogP contribution in [-0.2, 0) is 19.1 Å². The Balaban J connectivity index is 2.23. The third-order valence-corrected chi connectivity index (χ3v) is 8.18. The summed E-state index contributed by atoms with van der Waals surface area (Å²) >= 11 is 0. The molecule has 0 amide bonds. The summed E-state index contributed by atoms with van der Waals surface area (Å²) in [4.78, 5) is 25.0. The van der Waals surface area contributed by atoms with E-state index in [2.05, 4.69) is 13.5 Å². The van der Waals surface area contributed by atoms with Gasteiger partial charge in [-0.1, -0.05) is 46.8 Å². The summed E-state index contributed by atoms with van der Waals surface area (Å²) < 4.78 is 12.1. The molecule has 2 fully saturated rings. The van der Waals surface area contributed by atoms with E-state index in [1.54, 1.807) is 13.8 Å². The van der Waals surface area contributed by atoms with Crippen LogP contribution in [0.5, 0.6) is 0 Å². The Hall–Kier alpha value is -1.66. The molecule has 2 bridgehead atoms. The van der Waals surface area contributed by atoms with Crippen molar-refractivity contribution in [2.45, 2.75) is 98.6 Å². The van der Waals surface area contributed by atoms with Crippen LogP contribution in [0.1, 0.15) is 74.1 Å². The first kappa shape index (κ1) is 25.0. The first-order chi connectivity index (χ1) is 14.7. The quantitative estimate of drug-likeness (QED) is 0.502. The molecule has 0 aromatic rings. The average molecular weight is 449 g/mol. The summed E-state index contributed by atoms with van der Waals surface area (Å²) in [5, 5.41) is 22.1. The number of aliphatic hydroxyl groups excluding tert-OH is 2. The third kappa shape index (κ3) is 4.16. The molecule has 3 aliphatic rings. The molecule has 2 N–H and O–H groups in total. The molecule has 6 heteroatoms. The van der Waals surface area contributed by atoms with E-state index in [1.165, 1.54) is 6.92 Å². The number of ether oxygens (including phenoxy) is 2. The molecular weight excluding hydrogens is 408 g/mol. The van der Waals surface area contributed by atoms with E-state index in [9.17, 15) is 19.8 Å². The fraction of sp³-hybridized carbons (Fsp3) is 0.769. The molecule has 32 heavy (non-hydrogen) atoms. The Morgan fingerprint density at radius 1 is 1.12 bits per heavy atom.